The lowest BCUT2D eigenvalue weighted by molar-refractivity contribution is -0.384. The standard InChI is InChI=1S/C17H16F3N3O4/c1-10(11-4-7-15(26-2)16(8-11)27-3)21-22-13-6-5-12(17(18,19)20)9-14(13)23(24)25/h4-9,22H,1-3H3/b21-10-. The third-order valence-electron chi connectivity index (χ3n) is 3.67. The van der Waals surface area contributed by atoms with Crippen molar-refractivity contribution in [3.8, 4) is 11.5 Å². The molecule has 0 saturated carbocycles. The zero-order valence-corrected chi connectivity index (χ0v) is 14.6. The molecule has 2 aromatic carbocycles. The quantitative estimate of drug-likeness (QED) is 0.452. The molecule has 0 spiro atoms. The number of nitro groups is 1. The van der Waals surface area contributed by atoms with Crippen LogP contribution in [-0.4, -0.2) is 24.9 Å². The number of hydrogen-bond donors (Lipinski definition) is 1. The van der Waals surface area contributed by atoms with Crippen LogP contribution in [-0.2, 0) is 6.18 Å². The fraction of sp³-hybridized carbons (Fsp3) is 0.235. The van der Waals surface area contributed by atoms with Crippen molar-refractivity contribution in [3.63, 3.8) is 0 Å². The van der Waals surface area contributed by atoms with E-state index < -0.39 is 22.4 Å². The third kappa shape index (κ3) is 4.66. The average Bonchev–Trinajstić information content (AvgIpc) is 2.64. The van der Waals surface area contributed by atoms with Gasteiger partial charge in [0.2, 0.25) is 0 Å². The second-order valence-electron chi connectivity index (χ2n) is 5.37. The Kier molecular flexibility index (Phi) is 5.88. The lowest BCUT2D eigenvalue weighted by atomic mass is 10.1. The van der Waals surface area contributed by atoms with Crippen LogP contribution >= 0.6 is 0 Å². The number of rotatable bonds is 6. The highest BCUT2D eigenvalue weighted by atomic mass is 19.4. The van der Waals surface area contributed by atoms with E-state index >= 15 is 0 Å². The molecule has 0 radical (unpaired) electrons. The van der Waals surface area contributed by atoms with Crippen LogP contribution in [0.3, 0.4) is 0 Å². The largest absolute Gasteiger partial charge is 0.493 e. The number of ether oxygens (including phenoxy) is 2. The van der Waals surface area contributed by atoms with Crippen molar-refractivity contribution in [3.05, 3.63) is 57.6 Å². The third-order valence-corrected chi connectivity index (χ3v) is 3.67. The van der Waals surface area contributed by atoms with Gasteiger partial charge < -0.3 is 9.47 Å². The summed E-state index contributed by atoms with van der Waals surface area (Å²) in [6.45, 7) is 1.63. The van der Waals surface area contributed by atoms with E-state index in [0.29, 0.717) is 28.8 Å². The van der Waals surface area contributed by atoms with Gasteiger partial charge in [0.25, 0.3) is 5.69 Å². The number of methoxy groups -OCH3 is 2. The maximum absolute atomic E-state index is 12.7. The molecule has 0 atom stereocenters. The predicted molar refractivity (Wildman–Crippen MR) is 93.5 cm³/mol. The van der Waals surface area contributed by atoms with Gasteiger partial charge in [-0.25, -0.2) is 0 Å². The molecule has 0 saturated heterocycles. The summed E-state index contributed by atoms with van der Waals surface area (Å²) < 4.78 is 48.5. The summed E-state index contributed by atoms with van der Waals surface area (Å²) >= 11 is 0. The Bertz CT molecular complexity index is 882. The molecule has 0 aliphatic carbocycles. The minimum atomic E-state index is -4.68. The second kappa shape index (κ2) is 7.94. The van der Waals surface area contributed by atoms with Gasteiger partial charge in [-0.15, -0.1) is 0 Å². The van der Waals surface area contributed by atoms with E-state index in [1.807, 2.05) is 0 Å². The molecule has 1 N–H and O–H groups in total. The summed E-state index contributed by atoms with van der Waals surface area (Å²) in [6, 6.07) is 7.18. The second-order valence-corrected chi connectivity index (χ2v) is 5.37. The lowest BCUT2D eigenvalue weighted by Crippen LogP contribution is -2.07. The molecule has 0 aliphatic heterocycles. The van der Waals surface area contributed by atoms with Gasteiger partial charge in [-0.1, -0.05) is 0 Å². The van der Waals surface area contributed by atoms with Gasteiger partial charge in [0, 0.05) is 11.6 Å². The highest BCUT2D eigenvalue weighted by molar-refractivity contribution is 5.99. The van der Waals surface area contributed by atoms with Crippen molar-refractivity contribution >= 4 is 17.1 Å². The van der Waals surface area contributed by atoms with E-state index in [1.165, 1.54) is 14.2 Å². The van der Waals surface area contributed by atoms with Gasteiger partial charge in [0.1, 0.15) is 5.69 Å². The molecule has 0 unspecified atom stereocenters. The number of anilines is 1. The van der Waals surface area contributed by atoms with Crippen LogP contribution in [0.4, 0.5) is 24.5 Å². The zero-order chi connectivity index (χ0) is 20.2. The number of nitrogens with zero attached hydrogens (tertiary/aromatic N) is 2. The van der Waals surface area contributed by atoms with E-state index in [4.69, 9.17) is 9.47 Å². The van der Waals surface area contributed by atoms with Crippen LogP contribution in [0.2, 0.25) is 0 Å². The molecule has 144 valence electrons. The summed E-state index contributed by atoms with van der Waals surface area (Å²) in [4.78, 5) is 10.2. The number of benzene rings is 2. The Balaban J connectivity index is 2.33. The highest BCUT2D eigenvalue weighted by Crippen LogP contribution is 2.35. The molecule has 0 heterocycles. The van der Waals surface area contributed by atoms with Crippen LogP contribution in [0, 0.1) is 10.1 Å². The predicted octanol–water partition coefficient (Wildman–Crippen LogP) is 4.47. The van der Waals surface area contributed by atoms with E-state index in [2.05, 4.69) is 10.5 Å². The first-order chi connectivity index (χ1) is 12.7. The van der Waals surface area contributed by atoms with Crippen molar-refractivity contribution in [2.24, 2.45) is 5.10 Å². The van der Waals surface area contributed by atoms with Gasteiger partial charge in [0.05, 0.1) is 30.4 Å². The summed E-state index contributed by atoms with van der Waals surface area (Å²) in [7, 11) is 2.96. The summed E-state index contributed by atoms with van der Waals surface area (Å²) in [6.07, 6.45) is -4.68. The Morgan fingerprint density at radius 2 is 1.78 bits per heavy atom. The first-order valence-electron chi connectivity index (χ1n) is 7.55. The monoisotopic (exact) mass is 383 g/mol. The van der Waals surface area contributed by atoms with E-state index in [0.717, 1.165) is 12.1 Å². The van der Waals surface area contributed by atoms with Crippen LogP contribution < -0.4 is 14.9 Å². The maximum Gasteiger partial charge on any atom is 0.416 e. The summed E-state index contributed by atoms with van der Waals surface area (Å²) in [5, 5.41) is 15.1. The highest BCUT2D eigenvalue weighted by Gasteiger charge is 2.33. The number of hydrazone groups is 1. The van der Waals surface area contributed by atoms with Crippen molar-refractivity contribution in [2.75, 3.05) is 19.6 Å². The van der Waals surface area contributed by atoms with Crippen LogP contribution in [0.25, 0.3) is 0 Å². The fourth-order valence-corrected chi connectivity index (χ4v) is 2.22. The topological polar surface area (TPSA) is 86.0 Å². The Hall–Kier alpha value is -3.30. The summed E-state index contributed by atoms with van der Waals surface area (Å²) in [5.41, 5.74) is 1.52. The van der Waals surface area contributed by atoms with Crippen molar-refractivity contribution < 1.29 is 27.6 Å². The summed E-state index contributed by atoms with van der Waals surface area (Å²) in [5.74, 6) is 0.977. The van der Waals surface area contributed by atoms with E-state index in [1.54, 1.807) is 25.1 Å². The lowest BCUT2D eigenvalue weighted by Gasteiger charge is -2.10. The van der Waals surface area contributed by atoms with Crippen LogP contribution in [0.5, 0.6) is 11.5 Å². The van der Waals surface area contributed by atoms with Crippen LogP contribution in [0.1, 0.15) is 18.1 Å². The molecular weight excluding hydrogens is 367 g/mol. The zero-order valence-electron chi connectivity index (χ0n) is 14.6. The number of alkyl halides is 3. The van der Waals surface area contributed by atoms with Crippen LogP contribution in [0.15, 0.2) is 41.5 Å². The van der Waals surface area contributed by atoms with E-state index in [-0.39, 0.29) is 5.69 Å². The van der Waals surface area contributed by atoms with Gasteiger partial charge in [0.15, 0.2) is 11.5 Å². The molecule has 27 heavy (non-hydrogen) atoms. The average molecular weight is 383 g/mol. The molecule has 2 aromatic rings. The molecule has 0 amide bonds. The SMILES string of the molecule is COc1ccc(/C(C)=N\Nc2ccc(C(F)(F)F)cc2[N+](=O)[O-])cc1OC. The minimum Gasteiger partial charge on any atom is -0.493 e. The first-order valence-corrected chi connectivity index (χ1v) is 7.55. The molecule has 7 nitrogen and oxygen atoms in total. The van der Waals surface area contributed by atoms with Gasteiger partial charge in [-0.3, -0.25) is 15.5 Å². The molecule has 0 fully saturated rings. The fourth-order valence-electron chi connectivity index (χ4n) is 2.22. The Morgan fingerprint density at radius 3 is 2.33 bits per heavy atom. The number of nitro benzene ring substituents is 1. The van der Waals surface area contributed by atoms with Gasteiger partial charge in [-0.05, 0) is 37.3 Å². The molecule has 0 aliphatic rings. The molecule has 2 rings (SSSR count). The van der Waals surface area contributed by atoms with Crippen molar-refractivity contribution in [2.45, 2.75) is 13.1 Å². The van der Waals surface area contributed by atoms with Crippen molar-refractivity contribution in [1.29, 1.82) is 0 Å². The van der Waals surface area contributed by atoms with Gasteiger partial charge >= 0.3 is 6.18 Å². The number of hydrogen-bond acceptors (Lipinski definition) is 6. The van der Waals surface area contributed by atoms with Gasteiger partial charge in [-0.2, -0.15) is 18.3 Å². The van der Waals surface area contributed by atoms with E-state index in [9.17, 15) is 23.3 Å². The smallest absolute Gasteiger partial charge is 0.416 e. The Labute approximate surface area is 152 Å². The number of nitrogens with one attached hydrogen (secondary N) is 1. The molecule has 0 bridgehead atoms. The first kappa shape index (κ1) is 20.0. The number of halogens is 3. The minimum absolute atomic E-state index is 0.159. The molecule has 0 aromatic heterocycles. The molecule has 10 heteroatoms. The maximum atomic E-state index is 12.7. The van der Waals surface area contributed by atoms with Crippen molar-refractivity contribution in [1.82, 2.24) is 0 Å². The normalized spacial score (nSPS) is 11.9. The Morgan fingerprint density at radius 1 is 1.11 bits per heavy atom. The molecular formula is C17H16F3N3O4.